The third kappa shape index (κ3) is 5.69. The minimum absolute atomic E-state index is 0.0955. The normalized spacial score (nSPS) is 10.2. The van der Waals surface area contributed by atoms with Gasteiger partial charge >= 0.3 is 0 Å². The van der Waals surface area contributed by atoms with Gasteiger partial charge in [0.2, 0.25) is 0 Å². The Hall–Kier alpha value is -1.79. The number of rotatable bonds is 7. The van der Waals surface area contributed by atoms with Crippen LogP contribution in [0.4, 0.5) is 0 Å². The van der Waals surface area contributed by atoms with E-state index in [1.165, 1.54) is 0 Å². The smallest absolute Gasteiger partial charge is 0.251 e. The van der Waals surface area contributed by atoms with Crippen LogP contribution in [0.5, 0.6) is 0 Å². The highest BCUT2D eigenvalue weighted by molar-refractivity contribution is 9.10. The van der Waals surface area contributed by atoms with E-state index in [-0.39, 0.29) is 11.8 Å². The molecule has 126 valence electrons. The van der Waals surface area contributed by atoms with E-state index < -0.39 is 0 Å². The summed E-state index contributed by atoms with van der Waals surface area (Å²) < 4.78 is 0.937. The lowest BCUT2D eigenvalue weighted by atomic mass is 10.2. The van der Waals surface area contributed by atoms with Gasteiger partial charge in [-0.25, -0.2) is 0 Å². The van der Waals surface area contributed by atoms with Gasteiger partial charge in [-0.3, -0.25) is 9.59 Å². The molecule has 0 fully saturated rings. The fraction of sp³-hybridized carbons (Fsp3) is 0.222. The van der Waals surface area contributed by atoms with E-state index in [4.69, 9.17) is 0 Å². The molecule has 0 aliphatic rings. The Kier molecular flexibility index (Phi) is 7.34. The molecule has 0 aliphatic heterocycles. The SMILES string of the molecule is CSc1ccc(C(=O)NCCCNC(=O)c2ccc(Br)cc2)cc1. The molecule has 2 amide bonds. The van der Waals surface area contributed by atoms with Gasteiger partial charge in [-0.15, -0.1) is 11.8 Å². The van der Waals surface area contributed by atoms with Crippen molar-refractivity contribution < 1.29 is 9.59 Å². The number of hydrogen-bond donors (Lipinski definition) is 2. The van der Waals surface area contributed by atoms with E-state index in [1.54, 1.807) is 23.9 Å². The molecule has 0 spiro atoms. The van der Waals surface area contributed by atoms with Crippen molar-refractivity contribution in [2.24, 2.45) is 0 Å². The molecule has 0 unspecified atom stereocenters. The molecule has 0 saturated heterocycles. The van der Waals surface area contributed by atoms with Crippen LogP contribution in [0.1, 0.15) is 27.1 Å². The molecule has 2 N–H and O–H groups in total. The molecular formula is C18H19BrN2O2S. The maximum absolute atomic E-state index is 12.0. The summed E-state index contributed by atoms with van der Waals surface area (Å²) in [4.78, 5) is 25.0. The number of nitrogens with one attached hydrogen (secondary N) is 2. The summed E-state index contributed by atoms with van der Waals surface area (Å²) in [5.41, 5.74) is 1.27. The van der Waals surface area contributed by atoms with Gasteiger partial charge in [0.1, 0.15) is 0 Å². The topological polar surface area (TPSA) is 58.2 Å². The Balaban J connectivity index is 1.67. The number of thioether (sulfide) groups is 1. The highest BCUT2D eigenvalue weighted by Crippen LogP contribution is 2.14. The van der Waals surface area contributed by atoms with Crippen molar-refractivity contribution in [3.63, 3.8) is 0 Å². The zero-order chi connectivity index (χ0) is 17.4. The molecule has 0 atom stereocenters. The Morgan fingerprint density at radius 2 is 1.33 bits per heavy atom. The van der Waals surface area contributed by atoms with Crippen LogP contribution >= 0.6 is 27.7 Å². The zero-order valence-electron chi connectivity index (χ0n) is 13.3. The summed E-state index contributed by atoms with van der Waals surface area (Å²) >= 11 is 4.98. The van der Waals surface area contributed by atoms with E-state index in [9.17, 15) is 9.59 Å². The van der Waals surface area contributed by atoms with Gasteiger partial charge in [-0.1, -0.05) is 15.9 Å². The van der Waals surface area contributed by atoms with Crippen molar-refractivity contribution in [2.45, 2.75) is 11.3 Å². The molecule has 0 saturated carbocycles. The van der Waals surface area contributed by atoms with Gasteiger partial charge in [0.15, 0.2) is 0 Å². The first-order valence-corrected chi connectivity index (χ1v) is 9.58. The molecule has 2 aromatic rings. The highest BCUT2D eigenvalue weighted by Gasteiger charge is 2.06. The average Bonchev–Trinajstić information content (AvgIpc) is 2.61. The monoisotopic (exact) mass is 406 g/mol. The second-order valence-electron chi connectivity index (χ2n) is 5.10. The van der Waals surface area contributed by atoms with Crippen LogP contribution in [0, 0.1) is 0 Å². The van der Waals surface area contributed by atoms with Crippen LogP contribution in [-0.2, 0) is 0 Å². The largest absolute Gasteiger partial charge is 0.352 e. The minimum Gasteiger partial charge on any atom is -0.352 e. The van der Waals surface area contributed by atoms with Gasteiger partial charge in [0.25, 0.3) is 11.8 Å². The van der Waals surface area contributed by atoms with Crippen molar-refractivity contribution in [1.82, 2.24) is 10.6 Å². The van der Waals surface area contributed by atoms with Gasteiger partial charge in [-0.2, -0.15) is 0 Å². The van der Waals surface area contributed by atoms with E-state index >= 15 is 0 Å². The molecule has 6 heteroatoms. The number of benzene rings is 2. The Morgan fingerprint density at radius 3 is 1.79 bits per heavy atom. The van der Waals surface area contributed by atoms with Crippen molar-refractivity contribution in [3.05, 3.63) is 64.1 Å². The first kappa shape index (κ1) is 18.5. The van der Waals surface area contributed by atoms with Gasteiger partial charge in [0.05, 0.1) is 0 Å². The minimum atomic E-state index is -0.110. The molecule has 0 aromatic heterocycles. The number of carbonyl (C=O) groups is 2. The maximum Gasteiger partial charge on any atom is 0.251 e. The summed E-state index contributed by atoms with van der Waals surface area (Å²) in [7, 11) is 0. The maximum atomic E-state index is 12.0. The second kappa shape index (κ2) is 9.49. The first-order chi connectivity index (χ1) is 11.6. The van der Waals surface area contributed by atoms with Crippen molar-refractivity contribution in [2.75, 3.05) is 19.3 Å². The predicted octanol–water partition coefficient (Wildman–Crippen LogP) is 3.72. The number of hydrogen-bond acceptors (Lipinski definition) is 3. The van der Waals surface area contributed by atoms with Crippen molar-refractivity contribution in [1.29, 1.82) is 0 Å². The molecular weight excluding hydrogens is 388 g/mol. The van der Waals surface area contributed by atoms with Gasteiger partial charge in [-0.05, 0) is 61.2 Å². The lowest BCUT2D eigenvalue weighted by Crippen LogP contribution is -2.29. The fourth-order valence-corrected chi connectivity index (χ4v) is 2.71. The highest BCUT2D eigenvalue weighted by atomic mass is 79.9. The summed E-state index contributed by atoms with van der Waals surface area (Å²) in [5.74, 6) is -0.205. The Labute approximate surface area is 154 Å². The quantitative estimate of drug-likeness (QED) is 0.543. The second-order valence-corrected chi connectivity index (χ2v) is 6.90. The average molecular weight is 407 g/mol. The molecule has 0 bridgehead atoms. The number of halogens is 1. The third-order valence-corrected chi connectivity index (χ3v) is 4.66. The van der Waals surface area contributed by atoms with Crippen LogP contribution in [0.25, 0.3) is 0 Å². The first-order valence-electron chi connectivity index (χ1n) is 7.56. The van der Waals surface area contributed by atoms with E-state index in [0.717, 1.165) is 9.37 Å². The van der Waals surface area contributed by atoms with Gasteiger partial charge < -0.3 is 10.6 Å². The number of amides is 2. The van der Waals surface area contributed by atoms with Crippen LogP contribution in [0.2, 0.25) is 0 Å². The molecule has 24 heavy (non-hydrogen) atoms. The van der Waals surface area contributed by atoms with Gasteiger partial charge in [0, 0.05) is 33.6 Å². The van der Waals surface area contributed by atoms with Crippen molar-refractivity contribution in [3.8, 4) is 0 Å². The molecule has 0 aliphatic carbocycles. The van der Waals surface area contributed by atoms with Crippen LogP contribution in [0.3, 0.4) is 0 Å². The number of carbonyl (C=O) groups excluding carboxylic acids is 2. The molecule has 2 rings (SSSR count). The van der Waals surface area contributed by atoms with Crippen molar-refractivity contribution >= 4 is 39.5 Å². The van der Waals surface area contributed by atoms with Crippen LogP contribution in [-0.4, -0.2) is 31.2 Å². The van der Waals surface area contributed by atoms with E-state index in [1.807, 2.05) is 42.7 Å². The fourth-order valence-electron chi connectivity index (χ4n) is 2.04. The summed E-state index contributed by atoms with van der Waals surface area (Å²) in [6.07, 6.45) is 2.68. The lowest BCUT2D eigenvalue weighted by Gasteiger charge is -2.07. The molecule has 0 radical (unpaired) electrons. The van der Waals surface area contributed by atoms with E-state index in [2.05, 4.69) is 26.6 Å². The van der Waals surface area contributed by atoms with Crippen LogP contribution < -0.4 is 10.6 Å². The summed E-state index contributed by atoms with van der Waals surface area (Å²) in [6, 6.07) is 14.7. The third-order valence-electron chi connectivity index (χ3n) is 3.38. The van der Waals surface area contributed by atoms with E-state index in [0.29, 0.717) is 30.6 Å². The Morgan fingerprint density at radius 1 is 0.875 bits per heavy atom. The molecule has 0 heterocycles. The predicted molar refractivity (Wildman–Crippen MR) is 102 cm³/mol. The standard InChI is InChI=1S/C18H19BrN2O2S/c1-24-16-9-5-14(6-10-16)18(23)21-12-2-11-20-17(22)13-3-7-15(19)8-4-13/h3-10H,2,11-12H2,1H3,(H,20,22)(H,21,23). The summed E-state index contributed by atoms with van der Waals surface area (Å²) in [5, 5.41) is 5.69. The summed E-state index contributed by atoms with van der Waals surface area (Å²) in [6.45, 7) is 1.03. The zero-order valence-corrected chi connectivity index (χ0v) is 15.7. The van der Waals surface area contributed by atoms with Crippen LogP contribution in [0.15, 0.2) is 57.9 Å². The molecule has 4 nitrogen and oxygen atoms in total. The molecule has 2 aromatic carbocycles. The Bertz CT molecular complexity index is 687. The lowest BCUT2D eigenvalue weighted by molar-refractivity contribution is 0.0951.